The molecule has 130 valence electrons. The Morgan fingerprint density at radius 3 is 2.84 bits per heavy atom. The number of carboxylic acids is 1. The number of carboxylic acid groups (broad SMARTS) is 1. The summed E-state index contributed by atoms with van der Waals surface area (Å²) in [4.78, 5) is 23.4. The molecule has 0 atom stereocenters. The zero-order valence-corrected chi connectivity index (χ0v) is 14.7. The Bertz CT molecular complexity index is 926. The minimum atomic E-state index is -1.10. The first-order valence-corrected chi connectivity index (χ1v) is 8.01. The van der Waals surface area contributed by atoms with Crippen LogP contribution in [0, 0.1) is 0 Å². The largest absolute Gasteiger partial charge is 0.477 e. The summed E-state index contributed by atoms with van der Waals surface area (Å²) >= 11 is 3.31. The monoisotopic (exact) mass is 407 g/mol. The van der Waals surface area contributed by atoms with E-state index < -0.39 is 5.97 Å². The van der Waals surface area contributed by atoms with Gasteiger partial charge in [-0.15, -0.1) is 0 Å². The third-order valence-corrected chi connectivity index (χ3v) is 3.90. The fraction of sp³-hybridized carbons (Fsp3) is 0.200. The number of halogens is 1. The molecule has 10 heteroatoms. The molecule has 3 aromatic rings. The van der Waals surface area contributed by atoms with Crippen LogP contribution in [0.3, 0.4) is 0 Å². The van der Waals surface area contributed by atoms with Gasteiger partial charge in [0.25, 0.3) is 5.91 Å². The van der Waals surface area contributed by atoms with Crippen molar-refractivity contribution in [3.63, 3.8) is 0 Å². The van der Waals surface area contributed by atoms with Gasteiger partial charge in [-0.1, -0.05) is 0 Å². The number of carbonyl (C=O) groups is 2. The normalized spacial score (nSPS) is 10.8. The molecule has 2 N–H and O–H groups in total. The number of nitrogens with one attached hydrogen (secondary N) is 1. The number of aromatic carboxylic acids is 1. The first kappa shape index (κ1) is 17.0. The third-order valence-electron chi connectivity index (χ3n) is 3.49. The third kappa shape index (κ3) is 3.79. The van der Waals surface area contributed by atoms with Crippen molar-refractivity contribution >= 4 is 27.8 Å². The highest BCUT2D eigenvalue weighted by Gasteiger charge is 2.17. The summed E-state index contributed by atoms with van der Waals surface area (Å²) in [5, 5.41) is 19.8. The van der Waals surface area contributed by atoms with E-state index in [1.807, 2.05) is 0 Å². The predicted octanol–water partition coefficient (Wildman–Crippen LogP) is 1.65. The van der Waals surface area contributed by atoms with Gasteiger partial charge in [-0.2, -0.15) is 10.2 Å². The molecule has 3 rings (SSSR count). The average Bonchev–Trinajstić information content (AvgIpc) is 3.26. The number of aromatic nitrogens is 4. The molecule has 0 aliphatic rings. The quantitative estimate of drug-likeness (QED) is 0.641. The summed E-state index contributed by atoms with van der Waals surface area (Å²) in [6, 6.07) is 1.62. The number of hydrogen-bond donors (Lipinski definition) is 2. The van der Waals surface area contributed by atoms with Gasteiger partial charge in [0.15, 0.2) is 5.69 Å². The first-order chi connectivity index (χ1) is 11.9. The van der Waals surface area contributed by atoms with Crippen LogP contribution in [0.4, 0.5) is 0 Å². The number of nitrogens with zero attached hydrogens (tertiary/aromatic N) is 4. The number of furan rings is 1. The molecule has 9 nitrogen and oxygen atoms in total. The van der Waals surface area contributed by atoms with E-state index in [0.29, 0.717) is 23.4 Å². The molecule has 0 bridgehead atoms. The Labute approximate surface area is 150 Å². The highest BCUT2D eigenvalue weighted by molar-refractivity contribution is 9.10. The molecule has 3 heterocycles. The molecule has 0 saturated carbocycles. The van der Waals surface area contributed by atoms with E-state index in [2.05, 4.69) is 31.4 Å². The van der Waals surface area contributed by atoms with Crippen molar-refractivity contribution in [2.45, 2.75) is 13.1 Å². The van der Waals surface area contributed by atoms with E-state index in [9.17, 15) is 9.59 Å². The van der Waals surface area contributed by atoms with Crippen LogP contribution in [0.5, 0.6) is 0 Å². The molecule has 0 aromatic carbocycles. The Morgan fingerprint density at radius 2 is 2.16 bits per heavy atom. The van der Waals surface area contributed by atoms with Crippen molar-refractivity contribution < 1.29 is 19.1 Å². The number of rotatable bonds is 6. The van der Waals surface area contributed by atoms with E-state index in [-0.39, 0.29) is 18.1 Å². The van der Waals surface area contributed by atoms with E-state index in [1.165, 1.54) is 24.2 Å². The molecular formula is C15H14BrN5O4. The Kier molecular flexibility index (Phi) is 4.70. The lowest BCUT2D eigenvalue weighted by atomic mass is 10.2. The van der Waals surface area contributed by atoms with Gasteiger partial charge in [-0.25, -0.2) is 4.79 Å². The van der Waals surface area contributed by atoms with Crippen molar-refractivity contribution in [2.75, 3.05) is 0 Å². The number of amides is 1. The summed E-state index contributed by atoms with van der Waals surface area (Å²) in [6.07, 6.45) is 6.22. The predicted molar refractivity (Wildman–Crippen MR) is 89.1 cm³/mol. The standard InChI is InChI=1S/C15H14BrN5O4/c1-20-13(15(23)24)10(4-18-20)3-17-14(22)9-2-12(25-8-9)7-21-6-11(16)5-19-21/h2,4-6,8H,3,7H2,1H3,(H,17,22)(H,23,24). The van der Waals surface area contributed by atoms with Crippen molar-refractivity contribution in [3.8, 4) is 0 Å². The average molecular weight is 408 g/mol. The second-order valence-corrected chi connectivity index (χ2v) is 6.20. The molecule has 0 aliphatic heterocycles. The van der Waals surface area contributed by atoms with Gasteiger partial charge in [0, 0.05) is 25.4 Å². The maximum Gasteiger partial charge on any atom is 0.354 e. The van der Waals surface area contributed by atoms with Gasteiger partial charge in [-0.3, -0.25) is 14.2 Å². The summed E-state index contributed by atoms with van der Waals surface area (Å²) in [6.45, 7) is 0.450. The van der Waals surface area contributed by atoms with Crippen LogP contribution in [0.15, 0.2) is 39.8 Å². The Balaban J connectivity index is 1.63. The van der Waals surface area contributed by atoms with E-state index in [0.717, 1.165) is 4.47 Å². The minimum Gasteiger partial charge on any atom is -0.477 e. The van der Waals surface area contributed by atoms with E-state index >= 15 is 0 Å². The van der Waals surface area contributed by atoms with Crippen LogP contribution in [0.25, 0.3) is 0 Å². The van der Waals surface area contributed by atoms with E-state index in [1.54, 1.807) is 23.1 Å². The second-order valence-electron chi connectivity index (χ2n) is 5.29. The summed E-state index contributed by atoms with van der Waals surface area (Å²) in [5.74, 6) is -0.884. The molecule has 0 unspecified atom stereocenters. The summed E-state index contributed by atoms with van der Waals surface area (Å²) in [7, 11) is 1.53. The molecule has 0 fully saturated rings. The number of aryl methyl sites for hydroxylation is 1. The molecule has 0 aliphatic carbocycles. The molecule has 25 heavy (non-hydrogen) atoms. The topological polar surface area (TPSA) is 115 Å². The fourth-order valence-electron chi connectivity index (χ4n) is 2.33. The van der Waals surface area contributed by atoms with Crippen LogP contribution < -0.4 is 5.32 Å². The molecule has 0 radical (unpaired) electrons. The summed E-state index contributed by atoms with van der Waals surface area (Å²) in [5.41, 5.74) is 0.813. The fourth-order valence-corrected chi connectivity index (χ4v) is 2.66. The van der Waals surface area contributed by atoms with Crippen molar-refractivity contribution in [1.29, 1.82) is 0 Å². The maximum absolute atomic E-state index is 12.2. The number of carbonyl (C=O) groups excluding carboxylic acids is 1. The van der Waals surface area contributed by atoms with Crippen molar-refractivity contribution in [1.82, 2.24) is 24.9 Å². The number of hydrogen-bond acceptors (Lipinski definition) is 5. The zero-order valence-electron chi connectivity index (χ0n) is 13.1. The van der Waals surface area contributed by atoms with Crippen LogP contribution in [-0.2, 0) is 20.1 Å². The smallest absolute Gasteiger partial charge is 0.354 e. The van der Waals surface area contributed by atoms with Crippen molar-refractivity contribution in [3.05, 3.63) is 58.0 Å². The Hall–Kier alpha value is -2.88. The van der Waals surface area contributed by atoms with Crippen molar-refractivity contribution in [2.24, 2.45) is 7.05 Å². The van der Waals surface area contributed by atoms with Gasteiger partial charge >= 0.3 is 5.97 Å². The van der Waals surface area contributed by atoms with Gasteiger partial charge in [0.2, 0.25) is 0 Å². The highest BCUT2D eigenvalue weighted by Crippen LogP contribution is 2.13. The first-order valence-electron chi connectivity index (χ1n) is 7.22. The van der Waals surface area contributed by atoms with Crippen LogP contribution in [0.2, 0.25) is 0 Å². The second kappa shape index (κ2) is 6.93. The molecular weight excluding hydrogens is 394 g/mol. The Morgan fingerprint density at radius 1 is 1.36 bits per heavy atom. The maximum atomic E-state index is 12.2. The van der Waals surface area contributed by atoms with Gasteiger partial charge in [-0.05, 0) is 22.0 Å². The van der Waals surface area contributed by atoms with Gasteiger partial charge in [0.05, 0.1) is 29.0 Å². The van der Waals surface area contributed by atoms with E-state index in [4.69, 9.17) is 9.52 Å². The summed E-state index contributed by atoms with van der Waals surface area (Å²) < 4.78 is 9.14. The SMILES string of the molecule is Cn1ncc(CNC(=O)c2coc(Cn3cc(Br)cn3)c2)c1C(=O)O. The molecule has 3 aromatic heterocycles. The lowest BCUT2D eigenvalue weighted by Crippen LogP contribution is -2.23. The lowest BCUT2D eigenvalue weighted by molar-refractivity contribution is 0.0682. The molecule has 0 saturated heterocycles. The van der Waals surface area contributed by atoms with Crippen LogP contribution in [-0.4, -0.2) is 36.5 Å². The highest BCUT2D eigenvalue weighted by atomic mass is 79.9. The molecule has 1 amide bonds. The molecule has 0 spiro atoms. The minimum absolute atomic E-state index is 0.0393. The van der Waals surface area contributed by atoms with Gasteiger partial charge in [0.1, 0.15) is 12.0 Å². The van der Waals surface area contributed by atoms with Crippen LogP contribution >= 0.6 is 15.9 Å². The van der Waals surface area contributed by atoms with Gasteiger partial charge < -0.3 is 14.8 Å². The lowest BCUT2D eigenvalue weighted by Gasteiger charge is -2.03. The zero-order chi connectivity index (χ0) is 18.0. The van der Waals surface area contributed by atoms with Crippen LogP contribution in [0.1, 0.15) is 32.2 Å².